The van der Waals surface area contributed by atoms with Gasteiger partial charge in [0.2, 0.25) is 0 Å². The zero-order valence-corrected chi connectivity index (χ0v) is 11.4. The maximum Gasteiger partial charge on any atom is 0.181 e. The van der Waals surface area contributed by atoms with Crippen molar-refractivity contribution in [2.24, 2.45) is 0 Å². The summed E-state index contributed by atoms with van der Waals surface area (Å²) in [7, 11) is 0. The summed E-state index contributed by atoms with van der Waals surface area (Å²) in [5.41, 5.74) is 1.72. The minimum Gasteiger partial charge on any atom is -0.259 e. The van der Waals surface area contributed by atoms with Crippen LogP contribution in [0.25, 0.3) is 22.8 Å². The third kappa shape index (κ3) is 2.42. The van der Waals surface area contributed by atoms with E-state index in [4.69, 9.17) is 0 Å². The van der Waals surface area contributed by atoms with Gasteiger partial charge in [-0.3, -0.25) is 5.10 Å². The molecule has 0 fully saturated rings. The molecule has 0 spiro atoms. The van der Waals surface area contributed by atoms with Crippen molar-refractivity contribution in [3.63, 3.8) is 0 Å². The first-order chi connectivity index (χ1) is 9.24. The van der Waals surface area contributed by atoms with Crippen LogP contribution in [0.3, 0.4) is 0 Å². The first-order valence-electron chi connectivity index (χ1n) is 5.67. The highest BCUT2D eigenvalue weighted by atomic mass is 79.9. The van der Waals surface area contributed by atoms with Gasteiger partial charge in [-0.1, -0.05) is 30.3 Å². The lowest BCUT2D eigenvalue weighted by Crippen LogP contribution is -1.83. The van der Waals surface area contributed by atoms with Crippen molar-refractivity contribution in [3.8, 4) is 22.8 Å². The van der Waals surface area contributed by atoms with E-state index in [1.165, 1.54) is 6.07 Å². The number of nitrogens with zero attached hydrogens (tertiary/aromatic N) is 2. The normalized spacial score (nSPS) is 10.6. The molecule has 0 saturated heterocycles. The standard InChI is InChI=1S/C14H9BrFN3/c15-11-8-10(6-7-12(11)16)14-17-13(18-19-14)9-4-2-1-3-5-9/h1-8H,(H,17,18,19). The van der Waals surface area contributed by atoms with E-state index in [1.807, 2.05) is 30.3 Å². The fourth-order valence-electron chi connectivity index (χ4n) is 1.75. The molecule has 1 N–H and O–H groups in total. The molecule has 1 heterocycles. The second-order valence-electron chi connectivity index (χ2n) is 4.00. The summed E-state index contributed by atoms with van der Waals surface area (Å²) < 4.78 is 13.6. The number of hydrogen-bond acceptors (Lipinski definition) is 2. The van der Waals surface area contributed by atoms with E-state index in [0.29, 0.717) is 16.1 Å². The first-order valence-corrected chi connectivity index (χ1v) is 6.46. The lowest BCUT2D eigenvalue weighted by molar-refractivity contribution is 0.621. The molecule has 94 valence electrons. The summed E-state index contributed by atoms with van der Waals surface area (Å²) in [6.45, 7) is 0. The van der Waals surface area contributed by atoms with Gasteiger partial charge in [0.25, 0.3) is 0 Å². The number of nitrogens with one attached hydrogen (secondary N) is 1. The largest absolute Gasteiger partial charge is 0.259 e. The van der Waals surface area contributed by atoms with E-state index < -0.39 is 0 Å². The van der Waals surface area contributed by atoms with Crippen LogP contribution in [-0.2, 0) is 0 Å². The molecule has 2 aromatic carbocycles. The molecule has 0 radical (unpaired) electrons. The summed E-state index contributed by atoms with van der Waals surface area (Å²) in [5, 5.41) is 7.04. The van der Waals surface area contributed by atoms with Crippen LogP contribution in [0.4, 0.5) is 4.39 Å². The Hall–Kier alpha value is -2.01. The van der Waals surface area contributed by atoms with Crippen LogP contribution in [0.15, 0.2) is 53.0 Å². The molecular weight excluding hydrogens is 309 g/mol. The lowest BCUT2D eigenvalue weighted by Gasteiger charge is -1.97. The summed E-state index contributed by atoms with van der Waals surface area (Å²) in [6.07, 6.45) is 0. The van der Waals surface area contributed by atoms with Crippen molar-refractivity contribution in [1.82, 2.24) is 15.2 Å². The number of hydrogen-bond donors (Lipinski definition) is 1. The van der Waals surface area contributed by atoms with Crippen molar-refractivity contribution >= 4 is 15.9 Å². The van der Waals surface area contributed by atoms with Gasteiger partial charge in [-0.15, -0.1) is 0 Å². The van der Waals surface area contributed by atoms with Crippen LogP contribution in [0.5, 0.6) is 0 Å². The molecule has 3 rings (SSSR count). The number of rotatable bonds is 2. The van der Waals surface area contributed by atoms with E-state index in [-0.39, 0.29) is 5.82 Å². The summed E-state index contributed by atoms with van der Waals surface area (Å²) in [4.78, 5) is 4.41. The van der Waals surface area contributed by atoms with Gasteiger partial charge < -0.3 is 0 Å². The number of aromatic nitrogens is 3. The van der Waals surface area contributed by atoms with Crippen LogP contribution in [0, 0.1) is 5.82 Å². The number of H-pyrrole nitrogens is 1. The fraction of sp³-hybridized carbons (Fsp3) is 0. The number of aromatic amines is 1. The second kappa shape index (κ2) is 4.93. The van der Waals surface area contributed by atoms with Gasteiger partial charge in [0.05, 0.1) is 4.47 Å². The first kappa shape index (κ1) is 12.0. The molecule has 5 heteroatoms. The predicted molar refractivity (Wildman–Crippen MR) is 74.9 cm³/mol. The zero-order chi connectivity index (χ0) is 13.2. The van der Waals surface area contributed by atoms with Gasteiger partial charge in [-0.25, -0.2) is 9.37 Å². The predicted octanol–water partition coefficient (Wildman–Crippen LogP) is 4.04. The Kier molecular flexibility index (Phi) is 3.13. The summed E-state index contributed by atoms with van der Waals surface area (Å²) in [5.74, 6) is 0.929. The zero-order valence-electron chi connectivity index (χ0n) is 9.77. The molecule has 3 aromatic rings. The van der Waals surface area contributed by atoms with Crippen LogP contribution in [0.1, 0.15) is 0 Å². The van der Waals surface area contributed by atoms with E-state index in [0.717, 1.165) is 11.1 Å². The van der Waals surface area contributed by atoms with Crippen LogP contribution in [-0.4, -0.2) is 15.2 Å². The molecule has 0 saturated carbocycles. The van der Waals surface area contributed by atoms with Crippen molar-refractivity contribution in [2.45, 2.75) is 0 Å². The highest BCUT2D eigenvalue weighted by molar-refractivity contribution is 9.10. The Morgan fingerprint density at radius 3 is 2.53 bits per heavy atom. The maximum absolute atomic E-state index is 13.2. The third-order valence-electron chi connectivity index (χ3n) is 2.71. The van der Waals surface area contributed by atoms with Crippen LogP contribution in [0.2, 0.25) is 0 Å². The van der Waals surface area contributed by atoms with E-state index in [9.17, 15) is 4.39 Å². The number of halogens is 2. The topological polar surface area (TPSA) is 41.6 Å². The SMILES string of the molecule is Fc1ccc(-c2n[nH]c(-c3ccccc3)n2)cc1Br. The summed E-state index contributed by atoms with van der Waals surface area (Å²) in [6, 6.07) is 14.4. The van der Waals surface area contributed by atoms with Crippen LogP contribution < -0.4 is 0 Å². The van der Waals surface area contributed by atoms with Gasteiger partial charge in [0.15, 0.2) is 11.6 Å². The molecule has 0 aliphatic heterocycles. The Bertz CT molecular complexity index is 710. The van der Waals surface area contributed by atoms with E-state index in [1.54, 1.807) is 12.1 Å². The van der Waals surface area contributed by atoms with Gasteiger partial charge in [-0.2, -0.15) is 5.10 Å². The van der Waals surface area contributed by atoms with Gasteiger partial charge in [0, 0.05) is 11.1 Å². The minimum absolute atomic E-state index is 0.303. The highest BCUT2D eigenvalue weighted by Gasteiger charge is 2.09. The molecule has 0 bridgehead atoms. The number of benzene rings is 2. The molecular formula is C14H9BrFN3. The molecule has 19 heavy (non-hydrogen) atoms. The molecule has 3 nitrogen and oxygen atoms in total. The Labute approximate surface area is 117 Å². The van der Waals surface area contributed by atoms with Gasteiger partial charge in [-0.05, 0) is 34.1 Å². The smallest absolute Gasteiger partial charge is 0.181 e. The van der Waals surface area contributed by atoms with Gasteiger partial charge in [0.1, 0.15) is 5.82 Å². The minimum atomic E-state index is -0.303. The molecule has 0 aliphatic rings. The monoisotopic (exact) mass is 317 g/mol. The molecule has 0 amide bonds. The molecule has 0 unspecified atom stereocenters. The quantitative estimate of drug-likeness (QED) is 0.775. The van der Waals surface area contributed by atoms with Crippen molar-refractivity contribution in [2.75, 3.05) is 0 Å². The Balaban J connectivity index is 1.99. The average Bonchev–Trinajstić information content (AvgIpc) is 2.93. The van der Waals surface area contributed by atoms with Gasteiger partial charge >= 0.3 is 0 Å². The fourth-order valence-corrected chi connectivity index (χ4v) is 2.13. The Morgan fingerprint density at radius 2 is 1.79 bits per heavy atom. The molecule has 1 aromatic heterocycles. The average molecular weight is 318 g/mol. The lowest BCUT2D eigenvalue weighted by atomic mass is 10.2. The van der Waals surface area contributed by atoms with E-state index >= 15 is 0 Å². The highest BCUT2D eigenvalue weighted by Crippen LogP contribution is 2.24. The molecule has 0 atom stereocenters. The van der Waals surface area contributed by atoms with Crippen molar-refractivity contribution in [3.05, 3.63) is 58.8 Å². The van der Waals surface area contributed by atoms with Crippen molar-refractivity contribution in [1.29, 1.82) is 0 Å². The van der Waals surface area contributed by atoms with E-state index in [2.05, 4.69) is 31.1 Å². The maximum atomic E-state index is 13.2. The second-order valence-corrected chi connectivity index (χ2v) is 4.86. The van der Waals surface area contributed by atoms with Crippen LogP contribution >= 0.6 is 15.9 Å². The Morgan fingerprint density at radius 1 is 1.00 bits per heavy atom. The third-order valence-corrected chi connectivity index (χ3v) is 3.32. The molecule has 0 aliphatic carbocycles. The van der Waals surface area contributed by atoms with Crippen molar-refractivity contribution < 1.29 is 4.39 Å². The summed E-state index contributed by atoms with van der Waals surface area (Å²) >= 11 is 3.15.